The number of nitrogens with one attached hydrogen (secondary N) is 1. The Morgan fingerprint density at radius 1 is 1.21 bits per heavy atom. The number of carbonyl (C=O) groups excluding carboxylic acids is 1. The van der Waals surface area contributed by atoms with Crippen LogP contribution in [-0.4, -0.2) is 38.8 Å². The Balaban J connectivity index is 2.22. The number of hydrogen-bond acceptors (Lipinski definition) is 4. The van der Waals surface area contributed by atoms with Crippen molar-refractivity contribution in [1.82, 2.24) is 5.32 Å². The van der Waals surface area contributed by atoms with Crippen LogP contribution in [0.1, 0.15) is 32.8 Å². The molecular formula is C23H29N3O2. The number of methoxy groups -OCH3 is 1. The summed E-state index contributed by atoms with van der Waals surface area (Å²) in [6.45, 7) is 8.68. The minimum absolute atomic E-state index is 0.0562. The zero-order chi connectivity index (χ0) is 20.5. The molecule has 148 valence electrons. The third kappa shape index (κ3) is 5.58. The molecule has 0 fully saturated rings. The van der Waals surface area contributed by atoms with Crippen molar-refractivity contribution in [2.45, 2.75) is 33.2 Å². The molecule has 0 aliphatic carbocycles. The van der Waals surface area contributed by atoms with Gasteiger partial charge < -0.3 is 15.0 Å². The number of ether oxygens (including phenoxy) is 1. The van der Waals surface area contributed by atoms with Gasteiger partial charge in [-0.3, -0.25) is 4.79 Å². The van der Waals surface area contributed by atoms with Crippen LogP contribution in [0.4, 0.5) is 5.69 Å². The first-order valence-corrected chi connectivity index (χ1v) is 9.72. The number of nitrogens with zero attached hydrogens (tertiary/aromatic N) is 2. The topological polar surface area (TPSA) is 65.4 Å². The molecule has 2 aromatic rings. The Morgan fingerprint density at radius 3 is 2.54 bits per heavy atom. The molecule has 0 aromatic heterocycles. The molecule has 5 nitrogen and oxygen atoms in total. The predicted octanol–water partition coefficient (Wildman–Crippen LogP) is 4.13. The van der Waals surface area contributed by atoms with Crippen LogP contribution in [0.3, 0.4) is 0 Å². The maximum absolute atomic E-state index is 12.4. The maximum atomic E-state index is 12.4. The highest BCUT2D eigenvalue weighted by atomic mass is 16.5. The molecule has 1 unspecified atom stereocenters. The van der Waals surface area contributed by atoms with Crippen molar-refractivity contribution in [1.29, 1.82) is 5.26 Å². The van der Waals surface area contributed by atoms with E-state index in [4.69, 9.17) is 4.74 Å². The Bertz CT molecular complexity index is 879. The van der Waals surface area contributed by atoms with E-state index >= 15 is 0 Å². The lowest BCUT2D eigenvalue weighted by Gasteiger charge is -2.21. The SMILES string of the molecule is CCN(CC)c1ccc2cc(/C=C(\C#N)C(=O)NC(C)CCOC)ccc2c1. The van der Waals surface area contributed by atoms with Crippen molar-refractivity contribution in [3.05, 3.63) is 47.5 Å². The quantitative estimate of drug-likeness (QED) is 0.525. The number of benzene rings is 2. The Labute approximate surface area is 167 Å². The summed E-state index contributed by atoms with van der Waals surface area (Å²) in [5.41, 5.74) is 2.13. The summed E-state index contributed by atoms with van der Waals surface area (Å²) >= 11 is 0. The largest absolute Gasteiger partial charge is 0.385 e. The van der Waals surface area contributed by atoms with Crippen LogP contribution in [0, 0.1) is 11.3 Å². The van der Waals surface area contributed by atoms with Crippen LogP contribution in [0.15, 0.2) is 42.0 Å². The molecule has 0 saturated carbocycles. The van der Waals surface area contributed by atoms with Crippen molar-refractivity contribution in [2.75, 3.05) is 31.7 Å². The summed E-state index contributed by atoms with van der Waals surface area (Å²) in [6.07, 6.45) is 2.34. The average molecular weight is 380 g/mol. The van der Waals surface area contributed by atoms with Gasteiger partial charge in [0.2, 0.25) is 0 Å². The zero-order valence-electron chi connectivity index (χ0n) is 17.2. The highest BCUT2D eigenvalue weighted by molar-refractivity contribution is 6.02. The molecule has 1 atom stereocenters. The van der Waals surface area contributed by atoms with Crippen molar-refractivity contribution in [3.8, 4) is 6.07 Å². The van der Waals surface area contributed by atoms with Gasteiger partial charge in [0.1, 0.15) is 11.6 Å². The van der Waals surface area contributed by atoms with E-state index in [1.807, 2.05) is 31.2 Å². The van der Waals surface area contributed by atoms with Crippen molar-refractivity contribution >= 4 is 28.4 Å². The molecule has 0 heterocycles. The zero-order valence-corrected chi connectivity index (χ0v) is 17.2. The smallest absolute Gasteiger partial charge is 0.262 e. The number of anilines is 1. The normalized spacial score (nSPS) is 12.5. The highest BCUT2D eigenvalue weighted by Gasteiger charge is 2.12. The summed E-state index contributed by atoms with van der Waals surface area (Å²) < 4.78 is 5.02. The van der Waals surface area contributed by atoms with Gasteiger partial charge in [-0.2, -0.15) is 5.26 Å². The summed E-state index contributed by atoms with van der Waals surface area (Å²) in [4.78, 5) is 14.7. The molecule has 1 amide bonds. The van der Waals surface area contributed by atoms with E-state index in [9.17, 15) is 10.1 Å². The van der Waals surface area contributed by atoms with Crippen molar-refractivity contribution in [2.24, 2.45) is 0 Å². The fourth-order valence-electron chi connectivity index (χ4n) is 3.11. The lowest BCUT2D eigenvalue weighted by atomic mass is 10.0. The molecule has 2 rings (SSSR count). The fourth-order valence-corrected chi connectivity index (χ4v) is 3.11. The number of rotatable bonds is 9. The Kier molecular flexibility index (Phi) is 8.03. The molecule has 0 aliphatic heterocycles. The van der Waals surface area contributed by atoms with Crippen LogP contribution < -0.4 is 10.2 Å². The van der Waals surface area contributed by atoms with Crippen LogP contribution in [0.25, 0.3) is 16.8 Å². The fraction of sp³-hybridized carbons (Fsp3) is 0.391. The minimum atomic E-state index is -0.358. The van der Waals surface area contributed by atoms with Gasteiger partial charge in [-0.25, -0.2) is 0 Å². The van der Waals surface area contributed by atoms with Crippen LogP contribution in [0.2, 0.25) is 0 Å². The van der Waals surface area contributed by atoms with Crippen LogP contribution in [0.5, 0.6) is 0 Å². The summed E-state index contributed by atoms with van der Waals surface area (Å²) in [7, 11) is 1.62. The Morgan fingerprint density at radius 2 is 1.89 bits per heavy atom. The van der Waals surface area contributed by atoms with Gasteiger partial charge in [0, 0.05) is 38.5 Å². The van der Waals surface area contributed by atoms with Gasteiger partial charge in [0.25, 0.3) is 5.91 Å². The molecular weight excluding hydrogens is 350 g/mol. The molecule has 0 bridgehead atoms. The second-order valence-corrected chi connectivity index (χ2v) is 6.79. The van der Waals surface area contributed by atoms with Crippen molar-refractivity contribution in [3.63, 3.8) is 0 Å². The van der Waals surface area contributed by atoms with Gasteiger partial charge >= 0.3 is 0 Å². The molecule has 0 aliphatic rings. The minimum Gasteiger partial charge on any atom is -0.385 e. The third-order valence-electron chi connectivity index (χ3n) is 4.79. The number of hydrogen-bond donors (Lipinski definition) is 1. The van der Waals surface area contributed by atoms with E-state index in [0.717, 1.165) is 29.4 Å². The molecule has 0 saturated heterocycles. The predicted molar refractivity (Wildman–Crippen MR) is 115 cm³/mol. The number of amides is 1. The van der Waals surface area contributed by atoms with Crippen LogP contribution in [-0.2, 0) is 9.53 Å². The molecule has 5 heteroatoms. The van der Waals surface area contributed by atoms with Gasteiger partial charge in [0.15, 0.2) is 0 Å². The molecule has 28 heavy (non-hydrogen) atoms. The molecule has 2 aromatic carbocycles. The average Bonchev–Trinajstić information content (AvgIpc) is 2.71. The second kappa shape index (κ2) is 10.5. The van der Waals surface area contributed by atoms with E-state index in [0.29, 0.717) is 13.0 Å². The third-order valence-corrected chi connectivity index (χ3v) is 4.79. The molecule has 1 N–H and O–H groups in total. The van der Waals surface area contributed by atoms with E-state index in [1.54, 1.807) is 13.2 Å². The first-order valence-electron chi connectivity index (χ1n) is 9.72. The number of nitriles is 1. The van der Waals surface area contributed by atoms with Gasteiger partial charge in [-0.15, -0.1) is 0 Å². The van der Waals surface area contributed by atoms with E-state index in [-0.39, 0.29) is 17.5 Å². The monoisotopic (exact) mass is 379 g/mol. The lowest BCUT2D eigenvalue weighted by molar-refractivity contribution is -0.117. The maximum Gasteiger partial charge on any atom is 0.262 e. The number of carbonyl (C=O) groups is 1. The Hall–Kier alpha value is -2.84. The lowest BCUT2D eigenvalue weighted by Crippen LogP contribution is -2.34. The van der Waals surface area contributed by atoms with Gasteiger partial charge in [-0.05, 0) is 67.8 Å². The van der Waals surface area contributed by atoms with E-state index < -0.39 is 0 Å². The van der Waals surface area contributed by atoms with Gasteiger partial charge in [-0.1, -0.05) is 18.2 Å². The van der Waals surface area contributed by atoms with E-state index in [2.05, 4.69) is 42.3 Å². The first-order chi connectivity index (χ1) is 13.5. The molecule has 0 spiro atoms. The summed E-state index contributed by atoms with van der Waals surface area (Å²) in [5, 5.41) is 14.5. The summed E-state index contributed by atoms with van der Waals surface area (Å²) in [6, 6.07) is 14.3. The summed E-state index contributed by atoms with van der Waals surface area (Å²) in [5.74, 6) is -0.358. The van der Waals surface area contributed by atoms with Gasteiger partial charge in [0.05, 0.1) is 0 Å². The highest BCUT2D eigenvalue weighted by Crippen LogP contribution is 2.24. The van der Waals surface area contributed by atoms with E-state index in [1.165, 1.54) is 5.69 Å². The number of fused-ring (bicyclic) bond motifs is 1. The molecule has 0 radical (unpaired) electrons. The first kappa shape index (κ1) is 21.5. The van der Waals surface area contributed by atoms with Crippen LogP contribution >= 0.6 is 0 Å². The standard InChI is InChI=1S/C23H29N3O2/c1-5-26(6-2)22-10-9-19-13-18(7-8-20(19)15-22)14-21(16-24)23(27)25-17(3)11-12-28-4/h7-10,13-15,17H,5-6,11-12H2,1-4H3,(H,25,27)/b21-14+. The second-order valence-electron chi connectivity index (χ2n) is 6.79. The van der Waals surface area contributed by atoms with Crippen molar-refractivity contribution < 1.29 is 9.53 Å².